The molecule has 1 aromatic rings. The van der Waals surface area contributed by atoms with Crippen molar-refractivity contribution in [2.75, 3.05) is 27.2 Å². The second kappa shape index (κ2) is 8.24. The number of hydrogen-bond donors (Lipinski definition) is 2. The summed E-state index contributed by atoms with van der Waals surface area (Å²) < 4.78 is 27.5. The third-order valence-electron chi connectivity index (χ3n) is 3.28. The number of rotatable bonds is 9. The maximum Gasteiger partial charge on any atom is 0.250 e. The maximum atomic E-state index is 12.2. The minimum atomic E-state index is -3.39. The summed E-state index contributed by atoms with van der Waals surface area (Å²) in [6, 6.07) is 4.20. The van der Waals surface area contributed by atoms with Crippen molar-refractivity contribution >= 4 is 21.4 Å². The van der Waals surface area contributed by atoms with Crippen LogP contribution in [0, 0.1) is 0 Å². The molecule has 7 heteroatoms. The van der Waals surface area contributed by atoms with E-state index in [9.17, 15) is 8.42 Å². The Morgan fingerprint density at radius 2 is 1.90 bits per heavy atom. The van der Waals surface area contributed by atoms with Crippen molar-refractivity contribution in [3.8, 4) is 0 Å². The van der Waals surface area contributed by atoms with Gasteiger partial charge in [-0.2, -0.15) is 0 Å². The fourth-order valence-corrected chi connectivity index (χ4v) is 4.13. The molecule has 1 atom stereocenters. The van der Waals surface area contributed by atoms with E-state index in [-0.39, 0.29) is 6.04 Å². The molecule has 1 unspecified atom stereocenters. The summed E-state index contributed by atoms with van der Waals surface area (Å²) in [7, 11) is 0.481. The topological polar surface area (TPSA) is 61.4 Å². The first kappa shape index (κ1) is 18.6. The lowest BCUT2D eigenvalue weighted by molar-refractivity contribution is 0.314. The number of sulfonamides is 1. The molecule has 0 saturated heterocycles. The zero-order chi connectivity index (χ0) is 16.0. The van der Waals surface area contributed by atoms with Crippen LogP contribution in [0.5, 0.6) is 0 Å². The highest BCUT2D eigenvalue weighted by molar-refractivity contribution is 7.91. The van der Waals surface area contributed by atoms with Crippen molar-refractivity contribution in [2.45, 2.75) is 43.5 Å². The summed E-state index contributed by atoms with van der Waals surface area (Å²) in [6.07, 6.45) is 0.854. The molecule has 0 amide bonds. The van der Waals surface area contributed by atoms with Gasteiger partial charge in [0.1, 0.15) is 4.21 Å². The molecule has 1 aromatic heterocycles. The first-order chi connectivity index (χ1) is 9.72. The third-order valence-corrected chi connectivity index (χ3v) is 6.34. The van der Waals surface area contributed by atoms with Crippen molar-refractivity contribution in [3.63, 3.8) is 0 Å². The molecule has 0 fully saturated rings. The van der Waals surface area contributed by atoms with Gasteiger partial charge in [0.2, 0.25) is 10.0 Å². The quantitative estimate of drug-likeness (QED) is 0.719. The Kier molecular flexibility index (Phi) is 7.29. The molecule has 0 aliphatic carbocycles. The number of nitrogens with zero attached hydrogens (tertiary/aromatic N) is 1. The van der Waals surface area contributed by atoms with Crippen LogP contribution in [-0.2, 0) is 16.4 Å². The Balaban J connectivity index is 2.57. The van der Waals surface area contributed by atoms with Crippen molar-refractivity contribution in [1.82, 2.24) is 14.9 Å². The van der Waals surface area contributed by atoms with Gasteiger partial charge in [0.25, 0.3) is 0 Å². The van der Waals surface area contributed by atoms with Gasteiger partial charge in [-0.05, 0) is 39.6 Å². The molecule has 0 bridgehead atoms. The van der Waals surface area contributed by atoms with E-state index < -0.39 is 10.0 Å². The van der Waals surface area contributed by atoms with E-state index in [1.54, 1.807) is 6.07 Å². The van der Waals surface area contributed by atoms with Gasteiger partial charge in [-0.15, -0.1) is 11.3 Å². The van der Waals surface area contributed by atoms with Crippen LogP contribution >= 0.6 is 11.3 Å². The molecule has 1 rings (SSSR count). The summed E-state index contributed by atoms with van der Waals surface area (Å²) in [5.74, 6) is 0. The molecular weight excluding hydrogens is 306 g/mol. The zero-order valence-electron chi connectivity index (χ0n) is 13.5. The Morgan fingerprint density at radius 1 is 1.24 bits per heavy atom. The van der Waals surface area contributed by atoms with Crippen LogP contribution in [0.15, 0.2) is 16.3 Å². The van der Waals surface area contributed by atoms with E-state index in [0.717, 1.165) is 17.8 Å². The van der Waals surface area contributed by atoms with Gasteiger partial charge in [0.05, 0.1) is 0 Å². The molecule has 2 N–H and O–H groups in total. The van der Waals surface area contributed by atoms with Crippen LogP contribution in [0.25, 0.3) is 0 Å². The first-order valence-corrected chi connectivity index (χ1v) is 9.50. The lowest BCUT2D eigenvalue weighted by atomic mass is 10.3. The summed E-state index contributed by atoms with van der Waals surface area (Å²) >= 11 is 1.35. The minimum absolute atomic E-state index is 0.162. The van der Waals surface area contributed by atoms with Gasteiger partial charge in [-0.1, -0.05) is 13.8 Å². The van der Waals surface area contributed by atoms with Crippen LogP contribution < -0.4 is 10.0 Å². The van der Waals surface area contributed by atoms with E-state index in [2.05, 4.69) is 23.9 Å². The highest BCUT2D eigenvalue weighted by atomic mass is 32.2. The van der Waals surface area contributed by atoms with Gasteiger partial charge >= 0.3 is 0 Å². The molecule has 1 heterocycles. The molecule has 0 aromatic carbocycles. The van der Waals surface area contributed by atoms with Crippen LogP contribution in [0.4, 0.5) is 0 Å². The predicted molar refractivity (Wildman–Crippen MR) is 89.5 cm³/mol. The molecular formula is C14H27N3O2S2. The molecule has 122 valence electrons. The molecule has 0 spiro atoms. The Morgan fingerprint density at radius 3 is 2.48 bits per heavy atom. The second-order valence-corrected chi connectivity index (χ2v) is 8.91. The number of nitrogens with one attached hydrogen (secondary N) is 2. The summed E-state index contributed by atoms with van der Waals surface area (Å²) in [4.78, 5) is 3.07. The van der Waals surface area contributed by atoms with Crippen LogP contribution in [0.3, 0.4) is 0 Å². The summed E-state index contributed by atoms with van der Waals surface area (Å²) in [5.41, 5.74) is 0. The minimum Gasteiger partial charge on any atom is -0.314 e. The Bertz CT molecular complexity index is 524. The lowest BCUT2D eigenvalue weighted by Gasteiger charge is -2.19. The van der Waals surface area contributed by atoms with Crippen LogP contribution in [0.2, 0.25) is 0 Å². The van der Waals surface area contributed by atoms with E-state index >= 15 is 0 Å². The van der Waals surface area contributed by atoms with Gasteiger partial charge in [-0.25, -0.2) is 13.1 Å². The Hall–Kier alpha value is -0.470. The predicted octanol–water partition coefficient (Wildman–Crippen LogP) is 1.52. The van der Waals surface area contributed by atoms with Gasteiger partial charge < -0.3 is 10.2 Å². The second-order valence-electron chi connectivity index (χ2n) is 5.74. The molecule has 0 aliphatic rings. The fourth-order valence-electron chi connectivity index (χ4n) is 1.61. The van der Waals surface area contributed by atoms with Crippen molar-refractivity contribution in [3.05, 3.63) is 17.0 Å². The van der Waals surface area contributed by atoms with Crippen molar-refractivity contribution in [2.24, 2.45) is 0 Å². The van der Waals surface area contributed by atoms with Crippen molar-refractivity contribution in [1.29, 1.82) is 0 Å². The molecule has 5 nitrogen and oxygen atoms in total. The molecule has 0 saturated carbocycles. The normalized spacial score (nSPS) is 14.0. The lowest BCUT2D eigenvalue weighted by Crippen LogP contribution is -2.37. The largest absolute Gasteiger partial charge is 0.314 e. The highest BCUT2D eigenvalue weighted by Crippen LogP contribution is 2.21. The standard InChI is InChI=1S/C14H27N3O2S2/c1-11(2)15-9-8-13-6-7-14(20-13)21(18,19)16-10-12(3)17(4)5/h6-7,11-12,15-16H,8-10H2,1-5H3. The number of hydrogen-bond acceptors (Lipinski definition) is 5. The molecule has 0 radical (unpaired) electrons. The van der Waals surface area contributed by atoms with E-state index in [1.165, 1.54) is 11.3 Å². The first-order valence-electron chi connectivity index (χ1n) is 7.20. The highest BCUT2D eigenvalue weighted by Gasteiger charge is 2.18. The summed E-state index contributed by atoms with van der Waals surface area (Å²) in [6.45, 7) is 7.46. The van der Waals surface area contributed by atoms with E-state index in [1.807, 2.05) is 32.0 Å². The number of likely N-dealkylation sites (N-methyl/N-ethyl adjacent to an activating group) is 1. The van der Waals surface area contributed by atoms with Crippen molar-refractivity contribution < 1.29 is 8.42 Å². The smallest absolute Gasteiger partial charge is 0.250 e. The average molecular weight is 334 g/mol. The van der Waals surface area contributed by atoms with E-state index in [4.69, 9.17) is 0 Å². The third kappa shape index (κ3) is 6.44. The molecule has 21 heavy (non-hydrogen) atoms. The van der Waals surface area contributed by atoms with Crippen LogP contribution in [0.1, 0.15) is 25.6 Å². The van der Waals surface area contributed by atoms with Gasteiger partial charge in [-0.3, -0.25) is 0 Å². The summed E-state index contributed by atoms with van der Waals surface area (Å²) in [5, 5.41) is 3.33. The Labute approximate surface area is 132 Å². The van der Waals surface area contributed by atoms with E-state index in [0.29, 0.717) is 16.8 Å². The van der Waals surface area contributed by atoms with Gasteiger partial charge in [0.15, 0.2) is 0 Å². The fraction of sp³-hybridized carbons (Fsp3) is 0.714. The van der Waals surface area contributed by atoms with Crippen LogP contribution in [-0.4, -0.2) is 52.6 Å². The number of thiophene rings is 1. The maximum absolute atomic E-state index is 12.2. The zero-order valence-corrected chi connectivity index (χ0v) is 15.1. The SMILES string of the molecule is CC(C)NCCc1ccc(S(=O)(=O)NCC(C)N(C)C)s1. The average Bonchev–Trinajstić information content (AvgIpc) is 2.85. The monoisotopic (exact) mass is 333 g/mol. The molecule has 0 aliphatic heterocycles. The van der Waals surface area contributed by atoms with Gasteiger partial charge in [0, 0.05) is 30.1 Å².